The summed E-state index contributed by atoms with van der Waals surface area (Å²) in [6.07, 6.45) is 1.91. The number of aromatic nitrogens is 1. The molecule has 6 heteroatoms. The number of carbonyl (C=O) groups excluding carboxylic acids is 2. The predicted molar refractivity (Wildman–Crippen MR) is 77.4 cm³/mol. The molecule has 1 unspecified atom stereocenters. The molecule has 6 nitrogen and oxygen atoms in total. The monoisotopic (exact) mass is 276 g/mol. The highest BCUT2D eigenvalue weighted by molar-refractivity contribution is 6.01. The van der Waals surface area contributed by atoms with E-state index in [1.54, 1.807) is 0 Å². The first-order valence-electron chi connectivity index (χ1n) is 6.89. The molecule has 1 fully saturated rings. The summed E-state index contributed by atoms with van der Waals surface area (Å²) < 4.78 is 0. The molecule has 108 valence electrons. The number of hydrogen-bond acceptors (Lipinski definition) is 5. The number of likely N-dealkylation sites (tertiary alicyclic amines) is 1. The van der Waals surface area contributed by atoms with Gasteiger partial charge in [0, 0.05) is 20.0 Å². The maximum atomic E-state index is 12.0. The van der Waals surface area contributed by atoms with E-state index >= 15 is 0 Å². The SMILES string of the molecule is CCCNc1cccc(NC2CCC(=O)N(C)C2=O)n1. The van der Waals surface area contributed by atoms with Crippen LogP contribution in [0.2, 0.25) is 0 Å². The maximum absolute atomic E-state index is 12.0. The van der Waals surface area contributed by atoms with Crippen LogP contribution < -0.4 is 10.6 Å². The quantitative estimate of drug-likeness (QED) is 0.796. The van der Waals surface area contributed by atoms with Gasteiger partial charge in [0.1, 0.15) is 17.7 Å². The van der Waals surface area contributed by atoms with Crippen molar-refractivity contribution in [1.82, 2.24) is 9.88 Å². The van der Waals surface area contributed by atoms with Crippen LogP contribution in [0, 0.1) is 0 Å². The molecule has 0 aliphatic carbocycles. The topological polar surface area (TPSA) is 74.3 Å². The van der Waals surface area contributed by atoms with E-state index in [9.17, 15) is 9.59 Å². The van der Waals surface area contributed by atoms with Gasteiger partial charge in [0.2, 0.25) is 5.91 Å². The minimum Gasteiger partial charge on any atom is -0.370 e. The Kier molecular flexibility index (Phi) is 4.55. The Morgan fingerprint density at radius 2 is 2.10 bits per heavy atom. The van der Waals surface area contributed by atoms with Gasteiger partial charge in [-0.1, -0.05) is 13.0 Å². The number of hydrogen-bond donors (Lipinski definition) is 2. The predicted octanol–water partition coefficient (Wildman–Crippen LogP) is 1.46. The minimum atomic E-state index is -0.383. The number of likely N-dealkylation sites (N-methyl/N-ethyl adjacent to an activating group) is 1. The lowest BCUT2D eigenvalue weighted by Crippen LogP contribution is -2.48. The fourth-order valence-electron chi connectivity index (χ4n) is 2.09. The van der Waals surface area contributed by atoms with Crippen LogP contribution in [-0.4, -0.2) is 41.3 Å². The molecule has 0 radical (unpaired) electrons. The molecule has 2 N–H and O–H groups in total. The number of anilines is 2. The van der Waals surface area contributed by atoms with Crippen LogP contribution in [0.15, 0.2) is 18.2 Å². The molecule has 1 saturated heterocycles. The number of pyridine rings is 1. The fraction of sp³-hybridized carbons (Fsp3) is 0.500. The average molecular weight is 276 g/mol. The van der Waals surface area contributed by atoms with Gasteiger partial charge >= 0.3 is 0 Å². The van der Waals surface area contributed by atoms with E-state index in [-0.39, 0.29) is 17.9 Å². The zero-order chi connectivity index (χ0) is 14.5. The zero-order valence-electron chi connectivity index (χ0n) is 11.8. The van der Waals surface area contributed by atoms with Crippen molar-refractivity contribution in [2.45, 2.75) is 32.2 Å². The Labute approximate surface area is 118 Å². The van der Waals surface area contributed by atoms with Gasteiger partial charge in [-0.3, -0.25) is 14.5 Å². The molecule has 0 aromatic carbocycles. The number of amides is 2. The number of piperidine rings is 1. The summed E-state index contributed by atoms with van der Waals surface area (Å²) in [6, 6.07) is 5.21. The third-order valence-electron chi connectivity index (χ3n) is 3.28. The Morgan fingerprint density at radius 3 is 2.85 bits per heavy atom. The van der Waals surface area contributed by atoms with E-state index < -0.39 is 0 Å². The molecule has 1 atom stereocenters. The van der Waals surface area contributed by atoms with Gasteiger partial charge < -0.3 is 10.6 Å². The van der Waals surface area contributed by atoms with Crippen LogP contribution in [0.1, 0.15) is 26.2 Å². The summed E-state index contributed by atoms with van der Waals surface area (Å²) in [7, 11) is 1.52. The van der Waals surface area contributed by atoms with Crippen molar-refractivity contribution < 1.29 is 9.59 Å². The smallest absolute Gasteiger partial charge is 0.251 e. The Morgan fingerprint density at radius 1 is 1.35 bits per heavy atom. The molecule has 1 aromatic rings. The van der Waals surface area contributed by atoms with Crippen molar-refractivity contribution in [2.24, 2.45) is 0 Å². The second-order valence-corrected chi connectivity index (χ2v) is 4.86. The molecule has 1 aromatic heterocycles. The lowest BCUT2D eigenvalue weighted by Gasteiger charge is -2.28. The standard InChI is InChI=1S/C14H20N4O2/c1-3-9-15-11-5-4-6-12(17-11)16-10-7-8-13(19)18(2)14(10)20/h4-6,10H,3,7-9H2,1-2H3,(H2,15,16,17). The summed E-state index contributed by atoms with van der Waals surface area (Å²) in [4.78, 5) is 29.0. The van der Waals surface area contributed by atoms with Crippen molar-refractivity contribution in [3.05, 3.63) is 18.2 Å². The summed E-state index contributed by atoms with van der Waals surface area (Å²) in [5.41, 5.74) is 0. The van der Waals surface area contributed by atoms with Gasteiger partial charge in [-0.15, -0.1) is 0 Å². The average Bonchev–Trinajstić information content (AvgIpc) is 2.46. The molecule has 2 amide bonds. The van der Waals surface area contributed by atoms with Crippen molar-refractivity contribution in [3.63, 3.8) is 0 Å². The molecule has 1 aliphatic rings. The highest BCUT2D eigenvalue weighted by Crippen LogP contribution is 2.17. The summed E-state index contributed by atoms with van der Waals surface area (Å²) >= 11 is 0. The van der Waals surface area contributed by atoms with Gasteiger partial charge in [0.15, 0.2) is 0 Å². The fourth-order valence-corrected chi connectivity index (χ4v) is 2.09. The Bertz CT molecular complexity index is 504. The van der Waals surface area contributed by atoms with Crippen molar-refractivity contribution in [2.75, 3.05) is 24.2 Å². The second kappa shape index (κ2) is 6.36. The second-order valence-electron chi connectivity index (χ2n) is 4.86. The van der Waals surface area contributed by atoms with E-state index in [1.165, 1.54) is 11.9 Å². The molecular formula is C14H20N4O2. The lowest BCUT2D eigenvalue weighted by atomic mass is 10.0. The van der Waals surface area contributed by atoms with E-state index in [1.807, 2.05) is 18.2 Å². The molecule has 0 saturated carbocycles. The Hall–Kier alpha value is -2.11. The first kappa shape index (κ1) is 14.3. The van der Waals surface area contributed by atoms with Crippen LogP contribution in [0.25, 0.3) is 0 Å². The van der Waals surface area contributed by atoms with Crippen molar-refractivity contribution in [1.29, 1.82) is 0 Å². The highest BCUT2D eigenvalue weighted by atomic mass is 16.2. The summed E-state index contributed by atoms with van der Waals surface area (Å²) in [5.74, 6) is 1.10. The Balaban J connectivity index is 2.02. The molecule has 2 rings (SSSR count). The molecule has 2 heterocycles. The lowest BCUT2D eigenvalue weighted by molar-refractivity contribution is -0.146. The van der Waals surface area contributed by atoms with Gasteiger partial charge in [-0.2, -0.15) is 0 Å². The molecule has 0 spiro atoms. The summed E-state index contributed by atoms with van der Waals surface area (Å²) in [6.45, 7) is 2.94. The normalized spacial score (nSPS) is 19.1. The van der Waals surface area contributed by atoms with Crippen LogP contribution in [0.3, 0.4) is 0 Å². The van der Waals surface area contributed by atoms with Gasteiger partial charge in [0.25, 0.3) is 5.91 Å². The van der Waals surface area contributed by atoms with E-state index in [0.29, 0.717) is 18.7 Å². The molecule has 0 bridgehead atoms. The summed E-state index contributed by atoms with van der Waals surface area (Å²) in [5, 5.41) is 6.30. The first-order valence-corrected chi connectivity index (χ1v) is 6.89. The van der Waals surface area contributed by atoms with Crippen LogP contribution in [0.5, 0.6) is 0 Å². The number of nitrogens with one attached hydrogen (secondary N) is 2. The largest absolute Gasteiger partial charge is 0.370 e. The molecule has 20 heavy (non-hydrogen) atoms. The molecular weight excluding hydrogens is 256 g/mol. The number of rotatable bonds is 5. The van der Waals surface area contributed by atoms with E-state index in [4.69, 9.17) is 0 Å². The third kappa shape index (κ3) is 3.26. The highest BCUT2D eigenvalue weighted by Gasteiger charge is 2.31. The van der Waals surface area contributed by atoms with Crippen molar-refractivity contribution >= 4 is 23.5 Å². The number of nitrogens with zero attached hydrogens (tertiary/aromatic N) is 2. The van der Waals surface area contributed by atoms with Crippen LogP contribution in [-0.2, 0) is 9.59 Å². The third-order valence-corrected chi connectivity index (χ3v) is 3.28. The van der Waals surface area contributed by atoms with E-state index in [2.05, 4.69) is 22.5 Å². The molecule has 1 aliphatic heterocycles. The minimum absolute atomic E-state index is 0.126. The number of carbonyl (C=O) groups is 2. The zero-order valence-corrected chi connectivity index (χ0v) is 11.8. The van der Waals surface area contributed by atoms with Crippen LogP contribution >= 0.6 is 0 Å². The van der Waals surface area contributed by atoms with Crippen LogP contribution in [0.4, 0.5) is 11.6 Å². The maximum Gasteiger partial charge on any atom is 0.251 e. The van der Waals surface area contributed by atoms with Gasteiger partial charge in [-0.25, -0.2) is 4.98 Å². The van der Waals surface area contributed by atoms with Gasteiger partial charge in [0.05, 0.1) is 0 Å². The van der Waals surface area contributed by atoms with Crippen molar-refractivity contribution in [3.8, 4) is 0 Å². The van der Waals surface area contributed by atoms with E-state index in [0.717, 1.165) is 18.8 Å². The van der Waals surface area contributed by atoms with Gasteiger partial charge in [-0.05, 0) is 25.0 Å². The first-order chi connectivity index (χ1) is 9.61. The number of imide groups is 1.